The average molecular weight is 175 g/mol. The van der Waals surface area contributed by atoms with Crippen LogP contribution in [0, 0.1) is 0 Å². The van der Waals surface area contributed by atoms with Gasteiger partial charge in [-0.2, -0.15) is 0 Å². The Kier molecular flexibility index (Phi) is 4.96. The Morgan fingerprint density at radius 3 is 1.45 bits per heavy atom. The minimum Gasteiger partial charge on any atom is -0.343 e. The largest absolute Gasteiger partial charge is 0.343 e. The Labute approximate surface area is 71.6 Å². The van der Waals surface area contributed by atoms with Gasteiger partial charge in [0.25, 0.3) is 0 Å². The van der Waals surface area contributed by atoms with Crippen LogP contribution in [0.5, 0.6) is 0 Å². The van der Waals surface area contributed by atoms with Crippen molar-refractivity contribution in [3.8, 4) is 0 Å². The SMILES string of the molecule is CC[Si](CC)(CC)ON(C)C. The summed E-state index contributed by atoms with van der Waals surface area (Å²) in [5.74, 6) is 0. The second kappa shape index (κ2) is 4.90. The highest BCUT2D eigenvalue weighted by atomic mass is 28.4. The van der Waals surface area contributed by atoms with E-state index in [1.807, 2.05) is 19.2 Å². The van der Waals surface area contributed by atoms with Gasteiger partial charge in [-0.05, 0) is 18.1 Å². The van der Waals surface area contributed by atoms with E-state index in [4.69, 9.17) is 4.53 Å². The molecule has 0 atom stereocenters. The summed E-state index contributed by atoms with van der Waals surface area (Å²) in [5.41, 5.74) is 0. The van der Waals surface area contributed by atoms with E-state index in [0.29, 0.717) is 0 Å². The molecule has 0 saturated carbocycles. The molecule has 3 heteroatoms. The molecule has 0 aromatic rings. The fourth-order valence-corrected chi connectivity index (χ4v) is 3.99. The maximum Gasteiger partial charge on any atom is 0.220 e. The van der Waals surface area contributed by atoms with Gasteiger partial charge in [-0.3, -0.25) is 0 Å². The van der Waals surface area contributed by atoms with E-state index >= 15 is 0 Å². The molecule has 0 saturated heterocycles. The number of nitrogens with zero attached hydrogens (tertiary/aromatic N) is 1. The standard InChI is InChI=1S/C8H21NOSi/c1-6-11(7-2,8-3)10-9(4)5/h6-8H2,1-5H3. The number of rotatable bonds is 5. The van der Waals surface area contributed by atoms with E-state index in [0.717, 1.165) is 0 Å². The van der Waals surface area contributed by atoms with E-state index in [1.54, 1.807) is 0 Å². The van der Waals surface area contributed by atoms with Crippen LogP contribution in [0.3, 0.4) is 0 Å². The van der Waals surface area contributed by atoms with Crippen molar-refractivity contribution in [3.05, 3.63) is 0 Å². The van der Waals surface area contributed by atoms with Gasteiger partial charge in [0.1, 0.15) is 0 Å². The molecule has 68 valence electrons. The molecule has 0 aromatic heterocycles. The van der Waals surface area contributed by atoms with Crippen molar-refractivity contribution < 1.29 is 4.53 Å². The lowest BCUT2D eigenvalue weighted by molar-refractivity contribution is -0.0177. The van der Waals surface area contributed by atoms with Gasteiger partial charge in [0, 0.05) is 14.1 Å². The van der Waals surface area contributed by atoms with Crippen LogP contribution in [0.4, 0.5) is 0 Å². The molecule has 0 bridgehead atoms. The van der Waals surface area contributed by atoms with E-state index in [9.17, 15) is 0 Å². The van der Waals surface area contributed by atoms with Crippen LogP contribution in [-0.4, -0.2) is 27.5 Å². The van der Waals surface area contributed by atoms with Gasteiger partial charge in [0.05, 0.1) is 0 Å². The van der Waals surface area contributed by atoms with E-state index in [1.165, 1.54) is 18.1 Å². The summed E-state index contributed by atoms with van der Waals surface area (Å²) in [6.45, 7) is 6.72. The van der Waals surface area contributed by atoms with Crippen molar-refractivity contribution in [1.29, 1.82) is 0 Å². The molecule has 0 aliphatic rings. The van der Waals surface area contributed by atoms with Crippen molar-refractivity contribution >= 4 is 8.32 Å². The van der Waals surface area contributed by atoms with Crippen LogP contribution >= 0.6 is 0 Å². The van der Waals surface area contributed by atoms with E-state index < -0.39 is 8.32 Å². The molecule has 0 aliphatic heterocycles. The lowest BCUT2D eigenvalue weighted by atomic mass is 10.9. The van der Waals surface area contributed by atoms with Gasteiger partial charge in [-0.1, -0.05) is 20.8 Å². The minimum absolute atomic E-state index is 1.22. The first kappa shape index (κ1) is 11.1. The molecule has 2 nitrogen and oxygen atoms in total. The normalized spacial score (nSPS) is 12.5. The Morgan fingerprint density at radius 1 is 1.00 bits per heavy atom. The molecule has 0 aromatic carbocycles. The highest BCUT2D eigenvalue weighted by Gasteiger charge is 2.30. The summed E-state index contributed by atoms with van der Waals surface area (Å²) in [6.07, 6.45) is 0. The highest BCUT2D eigenvalue weighted by molar-refractivity contribution is 6.73. The molecule has 11 heavy (non-hydrogen) atoms. The number of hydrogen-bond acceptors (Lipinski definition) is 2. The molecule has 0 N–H and O–H groups in total. The van der Waals surface area contributed by atoms with Crippen molar-refractivity contribution in [2.24, 2.45) is 0 Å². The topological polar surface area (TPSA) is 12.5 Å². The molecule has 0 aliphatic carbocycles. The predicted octanol–water partition coefficient (Wildman–Crippen LogP) is 2.48. The van der Waals surface area contributed by atoms with Crippen LogP contribution in [0.25, 0.3) is 0 Å². The number of hydroxylamine groups is 2. The zero-order valence-electron chi connectivity index (χ0n) is 8.48. The Balaban J connectivity index is 4.05. The first-order valence-corrected chi connectivity index (χ1v) is 6.99. The molecule has 0 radical (unpaired) electrons. The van der Waals surface area contributed by atoms with Crippen LogP contribution in [0.2, 0.25) is 18.1 Å². The molecule has 0 fully saturated rings. The summed E-state index contributed by atoms with van der Waals surface area (Å²) >= 11 is 0. The van der Waals surface area contributed by atoms with Gasteiger partial charge in [-0.25, -0.2) is 5.06 Å². The molecular formula is C8H21NOSi. The summed E-state index contributed by atoms with van der Waals surface area (Å²) < 4.78 is 5.86. The van der Waals surface area contributed by atoms with Crippen molar-refractivity contribution in [2.75, 3.05) is 14.1 Å². The molecule has 0 rings (SSSR count). The summed E-state index contributed by atoms with van der Waals surface area (Å²) in [6, 6.07) is 3.66. The molecular weight excluding hydrogens is 154 g/mol. The maximum atomic E-state index is 5.86. The van der Waals surface area contributed by atoms with Gasteiger partial charge < -0.3 is 4.53 Å². The summed E-state index contributed by atoms with van der Waals surface area (Å²) in [4.78, 5) is 0. The third-order valence-corrected chi connectivity index (χ3v) is 6.93. The second-order valence-corrected chi connectivity index (χ2v) is 7.82. The third kappa shape index (κ3) is 3.36. The lowest BCUT2D eigenvalue weighted by Crippen LogP contribution is -2.40. The van der Waals surface area contributed by atoms with E-state index in [-0.39, 0.29) is 0 Å². The molecule has 0 unspecified atom stereocenters. The first-order chi connectivity index (χ1) is 5.10. The Hall–Kier alpha value is 0.137. The fourth-order valence-electron chi connectivity index (χ4n) is 1.33. The molecule has 0 spiro atoms. The van der Waals surface area contributed by atoms with E-state index in [2.05, 4.69) is 20.8 Å². The minimum atomic E-state index is -1.35. The second-order valence-electron chi connectivity index (χ2n) is 3.15. The summed E-state index contributed by atoms with van der Waals surface area (Å²) in [7, 11) is 2.60. The van der Waals surface area contributed by atoms with Gasteiger partial charge >= 0.3 is 0 Å². The first-order valence-electron chi connectivity index (χ1n) is 4.46. The fraction of sp³-hybridized carbons (Fsp3) is 1.00. The molecule has 0 heterocycles. The summed E-state index contributed by atoms with van der Waals surface area (Å²) in [5, 5.41) is 1.86. The quantitative estimate of drug-likeness (QED) is 0.470. The van der Waals surface area contributed by atoms with Crippen LogP contribution < -0.4 is 0 Å². The van der Waals surface area contributed by atoms with Crippen molar-refractivity contribution in [1.82, 2.24) is 5.06 Å². The zero-order chi connectivity index (χ0) is 8.91. The maximum absolute atomic E-state index is 5.86. The predicted molar refractivity (Wildman–Crippen MR) is 52.0 cm³/mol. The Morgan fingerprint density at radius 2 is 1.36 bits per heavy atom. The number of hydrogen-bond donors (Lipinski definition) is 0. The smallest absolute Gasteiger partial charge is 0.220 e. The lowest BCUT2D eigenvalue weighted by Gasteiger charge is -2.30. The van der Waals surface area contributed by atoms with Crippen LogP contribution in [0.15, 0.2) is 0 Å². The Bertz CT molecular complexity index is 94.0. The van der Waals surface area contributed by atoms with Gasteiger partial charge in [0.15, 0.2) is 0 Å². The third-order valence-electron chi connectivity index (χ3n) is 2.31. The molecule has 0 amide bonds. The van der Waals surface area contributed by atoms with Crippen LogP contribution in [0.1, 0.15) is 20.8 Å². The highest BCUT2D eigenvalue weighted by Crippen LogP contribution is 2.21. The zero-order valence-corrected chi connectivity index (χ0v) is 9.48. The average Bonchev–Trinajstić information content (AvgIpc) is 2.00. The van der Waals surface area contributed by atoms with Crippen molar-refractivity contribution in [3.63, 3.8) is 0 Å². The van der Waals surface area contributed by atoms with Gasteiger partial charge in [-0.15, -0.1) is 0 Å². The van der Waals surface area contributed by atoms with Crippen molar-refractivity contribution in [2.45, 2.75) is 38.9 Å². The van der Waals surface area contributed by atoms with Gasteiger partial charge in [0.2, 0.25) is 8.32 Å². The van der Waals surface area contributed by atoms with Crippen LogP contribution in [-0.2, 0) is 4.53 Å². The monoisotopic (exact) mass is 175 g/mol.